The zero-order chi connectivity index (χ0) is 23.4. The largest absolute Gasteiger partial charge is 0.478 e. The molecule has 0 aliphatic heterocycles. The quantitative estimate of drug-likeness (QED) is 0.362. The van der Waals surface area contributed by atoms with Gasteiger partial charge in [0.25, 0.3) is 5.91 Å². The number of aromatic amines is 1. The molecule has 0 radical (unpaired) electrons. The van der Waals surface area contributed by atoms with Crippen molar-refractivity contribution < 1.29 is 24.2 Å². The van der Waals surface area contributed by atoms with Crippen LogP contribution in [-0.4, -0.2) is 39.0 Å². The number of ether oxygens (including phenoxy) is 1. The number of nitrogens with one attached hydrogen (secondary N) is 2. The van der Waals surface area contributed by atoms with E-state index in [9.17, 15) is 14.4 Å². The Morgan fingerprint density at radius 3 is 2.52 bits per heavy atom. The molecule has 1 unspecified atom stereocenters. The fraction of sp³-hybridized carbons (Fsp3) is 0.120. The van der Waals surface area contributed by atoms with E-state index in [-0.39, 0.29) is 17.5 Å². The minimum atomic E-state index is -1.10. The Bertz CT molecular complexity index is 1330. The molecular formula is C25H21N3O5. The molecule has 4 aromatic rings. The van der Waals surface area contributed by atoms with Crippen LogP contribution >= 0.6 is 0 Å². The highest BCUT2D eigenvalue weighted by molar-refractivity contribution is 5.99. The number of anilines is 1. The molecule has 1 amide bonds. The lowest BCUT2D eigenvalue weighted by atomic mass is 10.2. The molecule has 4 rings (SSSR count). The Hall–Kier alpha value is -4.46. The number of carboxylic acid groups (broad SMARTS) is 1. The monoisotopic (exact) mass is 443 g/mol. The topological polar surface area (TPSA) is 121 Å². The van der Waals surface area contributed by atoms with E-state index in [1.165, 1.54) is 18.2 Å². The number of fused-ring (bicyclic) bond motifs is 1. The molecule has 3 aromatic carbocycles. The highest BCUT2D eigenvalue weighted by Gasteiger charge is 2.23. The van der Waals surface area contributed by atoms with E-state index >= 15 is 0 Å². The zero-order valence-corrected chi connectivity index (χ0v) is 17.7. The Morgan fingerprint density at radius 1 is 1.00 bits per heavy atom. The molecule has 0 aliphatic rings. The number of amides is 1. The van der Waals surface area contributed by atoms with Crippen molar-refractivity contribution in [3.8, 4) is 11.4 Å². The fourth-order valence-electron chi connectivity index (χ4n) is 3.34. The van der Waals surface area contributed by atoms with Gasteiger partial charge in [0.1, 0.15) is 5.82 Å². The summed E-state index contributed by atoms with van der Waals surface area (Å²) in [4.78, 5) is 44.2. The highest BCUT2D eigenvalue weighted by atomic mass is 16.5. The van der Waals surface area contributed by atoms with Crippen molar-refractivity contribution in [2.75, 3.05) is 5.32 Å². The van der Waals surface area contributed by atoms with Gasteiger partial charge in [-0.2, -0.15) is 0 Å². The molecule has 33 heavy (non-hydrogen) atoms. The lowest BCUT2D eigenvalue weighted by molar-refractivity contribution is -0.124. The smallest absolute Gasteiger partial charge is 0.338 e. The molecule has 166 valence electrons. The van der Waals surface area contributed by atoms with E-state index in [1.807, 2.05) is 30.3 Å². The van der Waals surface area contributed by atoms with Gasteiger partial charge in [-0.25, -0.2) is 14.6 Å². The number of hydrogen-bond acceptors (Lipinski definition) is 5. The van der Waals surface area contributed by atoms with Gasteiger partial charge in [-0.05, 0) is 42.8 Å². The number of carbonyl (C=O) groups excluding carboxylic acids is 2. The van der Waals surface area contributed by atoms with Gasteiger partial charge >= 0.3 is 11.9 Å². The number of carboxylic acids is 1. The molecule has 1 atom stereocenters. The van der Waals surface area contributed by atoms with Crippen LogP contribution in [0.2, 0.25) is 0 Å². The van der Waals surface area contributed by atoms with Crippen molar-refractivity contribution in [1.29, 1.82) is 0 Å². The van der Waals surface area contributed by atoms with Crippen molar-refractivity contribution in [2.24, 2.45) is 0 Å². The van der Waals surface area contributed by atoms with E-state index < -0.39 is 23.9 Å². The highest BCUT2D eigenvalue weighted by Crippen LogP contribution is 2.22. The molecule has 8 heteroatoms. The predicted octanol–water partition coefficient (Wildman–Crippen LogP) is 4.50. The number of aromatic nitrogens is 2. The number of aromatic carboxylic acids is 1. The minimum Gasteiger partial charge on any atom is -0.478 e. The van der Waals surface area contributed by atoms with Gasteiger partial charge in [0, 0.05) is 11.3 Å². The first kappa shape index (κ1) is 21.8. The summed E-state index contributed by atoms with van der Waals surface area (Å²) in [6.45, 7) is 1.72. The van der Waals surface area contributed by atoms with Crippen molar-refractivity contribution in [3.05, 3.63) is 83.9 Å². The molecule has 1 heterocycles. The number of hydrogen-bond donors (Lipinski definition) is 3. The summed E-state index contributed by atoms with van der Waals surface area (Å²) in [6, 6.07) is 20.4. The maximum Gasteiger partial charge on any atom is 0.338 e. The normalized spacial score (nSPS) is 11.7. The molecule has 0 saturated carbocycles. The Morgan fingerprint density at radius 2 is 1.79 bits per heavy atom. The third-order valence-corrected chi connectivity index (χ3v) is 5.05. The zero-order valence-electron chi connectivity index (χ0n) is 17.7. The van der Waals surface area contributed by atoms with Gasteiger partial charge in [0.2, 0.25) is 0 Å². The number of carbonyl (C=O) groups is 3. The van der Waals surface area contributed by atoms with Gasteiger partial charge < -0.3 is 20.1 Å². The van der Waals surface area contributed by atoms with Crippen LogP contribution in [0, 0.1) is 0 Å². The maximum atomic E-state index is 12.7. The van der Waals surface area contributed by atoms with Crippen molar-refractivity contribution >= 4 is 34.6 Å². The summed E-state index contributed by atoms with van der Waals surface area (Å²) in [5.74, 6) is -1.60. The average molecular weight is 443 g/mol. The van der Waals surface area contributed by atoms with E-state index in [4.69, 9.17) is 9.84 Å². The lowest BCUT2D eigenvalue weighted by Gasteiger charge is -2.16. The van der Waals surface area contributed by atoms with Crippen LogP contribution in [0.4, 0.5) is 5.69 Å². The average Bonchev–Trinajstić information content (AvgIpc) is 3.26. The number of imidazole rings is 1. The molecule has 0 fully saturated rings. The maximum absolute atomic E-state index is 12.7. The number of nitrogens with zero attached hydrogens (tertiary/aromatic N) is 1. The second-order valence-electron chi connectivity index (χ2n) is 7.36. The van der Waals surface area contributed by atoms with Gasteiger partial charge in [-0.15, -0.1) is 0 Å². The van der Waals surface area contributed by atoms with Crippen LogP contribution in [0.5, 0.6) is 0 Å². The Kier molecular flexibility index (Phi) is 6.17. The summed E-state index contributed by atoms with van der Waals surface area (Å²) in [6.07, 6.45) is -0.788. The molecular weight excluding hydrogens is 422 g/mol. The van der Waals surface area contributed by atoms with E-state index in [0.717, 1.165) is 5.56 Å². The second-order valence-corrected chi connectivity index (χ2v) is 7.36. The van der Waals surface area contributed by atoms with Gasteiger partial charge in [0.15, 0.2) is 6.10 Å². The molecule has 0 aliphatic carbocycles. The molecule has 1 aromatic heterocycles. The predicted molar refractivity (Wildman–Crippen MR) is 123 cm³/mol. The summed E-state index contributed by atoms with van der Waals surface area (Å²) >= 11 is 0. The van der Waals surface area contributed by atoms with E-state index in [1.54, 1.807) is 31.2 Å². The van der Waals surface area contributed by atoms with Crippen molar-refractivity contribution in [3.63, 3.8) is 0 Å². The number of H-pyrrole nitrogens is 1. The molecule has 0 spiro atoms. The standard InChI is InChI=1S/C25H21N3O5/c1-2-21(23(29)26-18-10-6-9-16(13-18)24(30)31)33-25(32)17-11-12-19-20(14-17)28-22(27-19)15-7-4-3-5-8-15/h3-14,21H,2H2,1H3,(H,26,29)(H,27,28)(H,30,31). The first-order chi connectivity index (χ1) is 15.9. The number of esters is 1. The van der Waals surface area contributed by atoms with Crippen LogP contribution in [0.25, 0.3) is 22.4 Å². The summed E-state index contributed by atoms with van der Waals surface area (Å²) in [5, 5.41) is 11.7. The van der Waals surface area contributed by atoms with Crippen LogP contribution in [0.3, 0.4) is 0 Å². The van der Waals surface area contributed by atoms with Crippen LogP contribution in [-0.2, 0) is 9.53 Å². The van der Waals surface area contributed by atoms with Crippen LogP contribution < -0.4 is 5.32 Å². The molecule has 0 saturated heterocycles. The third kappa shape index (κ3) is 4.90. The first-order valence-electron chi connectivity index (χ1n) is 10.3. The Balaban J connectivity index is 1.48. The van der Waals surface area contributed by atoms with Crippen LogP contribution in [0.15, 0.2) is 72.8 Å². The molecule has 3 N–H and O–H groups in total. The van der Waals surface area contributed by atoms with Crippen LogP contribution in [0.1, 0.15) is 34.1 Å². The van der Waals surface area contributed by atoms with Crippen molar-refractivity contribution in [2.45, 2.75) is 19.4 Å². The number of rotatable bonds is 7. The second kappa shape index (κ2) is 9.35. The fourth-order valence-corrected chi connectivity index (χ4v) is 3.34. The van der Waals surface area contributed by atoms with Gasteiger partial charge in [0.05, 0.1) is 22.2 Å². The van der Waals surface area contributed by atoms with Gasteiger partial charge in [-0.1, -0.05) is 43.3 Å². The summed E-state index contributed by atoms with van der Waals surface area (Å²) < 4.78 is 5.44. The molecule has 0 bridgehead atoms. The Labute approximate surface area is 189 Å². The van der Waals surface area contributed by atoms with Gasteiger partial charge in [-0.3, -0.25) is 4.79 Å². The summed E-state index contributed by atoms with van der Waals surface area (Å²) in [7, 11) is 0. The first-order valence-corrected chi connectivity index (χ1v) is 10.3. The molecule has 8 nitrogen and oxygen atoms in total. The SMILES string of the molecule is CCC(OC(=O)c1ccc2nc(-c3ccccc3)[nH]c2c1)C(=O)Nc1cccc(C(=O)O)c1. The minimum absolute atomic E-state index is 0.0422. The number of benzene rings is 3. The van der Waals surface area contributed by atoms with E-state index in [2.05, 4.69) is 15.3 Å². The lowest BCUT2D eigenvalue weighted by Crippen LogP contribution is -2.32. The summed E-state index contributed by atoms with van der Waals surface area (Å²) in [5.41, 5.74) is 2.93. The van der Waals surface area contributed by atoms with E-state index in [0.29, 0.717) is 22.5 Å². The van der Waals surface area contributed by atoms with Crippen molar-refractivity contribution in [1.82, 2.24) is 9.97 Å². The third-order valence-electron chi connectivity index (χ3n) is 5.05.